The Morgan fingerprint density at radius 2 is 2.35 bits per heavy atom. The molecule has 0 bridgehead atoms. The maximum atomic E-state index is 11.4. The van der Waals surface area contributed by atoms with Crippen molar-refractivity contribution >= 4 is 38.4 Å². The van der Waals surface area contributed by atoms with Crippen LogP contribution < -0.4 is 5.32 Å². The van der Waals surface area contributed by atoms with E-state index < -0.39 is 0 Å². The van der Waals surface area contributed by atoms with Crippen LogP contribution in [0.1, 0.15) is 6.42 Å². The van der Waals surface area contributed by atoms with E-state index >= 15 is 0 Å². The monoisotopic (exact) mass is 289 g/mol. The van der Waals surface area contributed by atoms with Gasteiger partial charge in [-0.3, -0.25) is 9.78 Å². The topological polar surface area (TPSA) is 65.8 Å². The van der Waals surface area contributed by atoms with Gasteiger partial charge in [-0.25, -0.2) is 0 Å². The van der Waals surface area contributed by atoms with Crippen LogP contribution in [0, 0.1) is 11.3 Å². The van der Waals surface area contributed by atoms with Gasteiger partial charge in [0.2, 0.25) is 5.91 Å². The van der Waals surface area contributed by atoms with Gasteiger partial charge in [0, 0.05) is 16.1 Å². The smallest absolute Gasteiger partial charge is 0.238 e. The quantitative estimate of drug-likeness (QED) is 0.924. The van der Waals surface area contributed by atoms with Crippen molar-refractivity contribution in [3.8, 4) is 6.07 Å². The number of benzene rings is 1. The molecule has 0 spiro atoms. The molecule has 1 N–H and O–H groups in total. The van der Waals surface area contributed by atoms with Gasteiger partial charge < -0.3 is 5.32 Å². The lowest BCUT2D eigenvalue weighted by Crippen LogP contribution is -2.10. The second kappa shape index (κ2) is 4.93. The molecule has 4 nitrogen and oxygen atoms in total. The summed E-state index contributed by atoms with van der Waals surface area (Å²) >= 11 is 3.34. The minimum Gasteiger partial charge on any atom is -0.323 e. The average molecular weight is 290 g/mol. The van der Waals surface area contributed by atoms with E-state index in [0.29, 0.717) is 11.2 Å². The van der Waals surface area contributed by atoms with Gasteiger partial charge in [0.05, 0.1) is 17.3 Å². The molecular formula is C12H8BrN3O. The van der Waals surface area contributed by atoms with Crippen LogP contribution in [0.25, 0.3) is 10.9 Å². The summed E-state index contributed by atoms with van der Waals surface area (Å²) in [6, 6.07) is 9.23. The minimum atomic E-state index is -0.329. The van der Waals surface area contributed by atoms with Crippen molar-refractivity contribution < 1.29 is 4.79 Å². The first kappa shape index (κ1) is 11.6. The maximum absolute atomic E-state index is 11.4. The number of pyridine rings is 1. The summed E-state index contributed by atoms with van der Waals surface area (Å²) < 4.78 is 0.880. The number of nitrogens with one attached hydrogen (secondary N) is 1. The molecule has 0 aliphatic heterocycles. The van der Waals surface area contributed by atoms with Crippen LogP contribution in [0.5, 0.6) is 0 Å². The molecule has 17 heavy (non-hydrogen) atoms. The third-order valence-electron chi connectivity index (χ3n) is 2.19. The van der Waals surface area contributed by atoms with Crippen LogP contribution in [0.3, 0.4) is 0 Å². The summed E-state index contributed by atoms with van der Waals surface area (Å²) in [5.74, 6) is -0.329. The maximum Gasteiger partial charge on any atom is 0.238 e. The Morgan fingerprint density at radius 1 is 1.53 bits per heavy atom. The van der Waals surface area contributed by atoms with Gasteiger partial charge in [0.25, 0.3) is 0 Å². The van der Waals surface area contributed by atoms with Crippen LogP contribution in [-0.2, 0) is 4.79 Å². The van der Waals surface area contributed by atoms with Gasteiger partial charge in [0.1, 0.15) is 6.42 Å². The van der Waals surface area contributed by atoms with Crippen LogP contribution in [0.2, 0.25) is 0 Å². The fourth-order valence-electron chi connectivity index (χ4n) is 1.50. The SMILES string of the molecule is N#CCC(=O)Nc1cccc2cc(Br)cnc12. The molecule has 0 radical (unpaired) electrons. The number of aromatic nitrogens is 1. The van der Waals surface area contributed by atoms with E-state index in [4.69, 9.17) is 5.26 Å². The van der Waals surface area contributed by atoms with Crippen LogP contribution in [0.4, 0.5) is 5.69 Å². The Kier molecular flexibility index (Phi) is 3.35. The van der Waals surface area contributed by atoms with Gasteiger partial charge in [-0.05, 0) is 28.1 Å². The lowest BCUT2D eigenvalue weighted by Gasteiger charge is -2.06. The van der Waals surface area contributed by atoms with E-state index in [9.17, 15) is 4.79 Å². The molecule has 0 atom stereocenters. The summed E-state index contributed by atoms with van der Waals surface area (Å²) in [4.78, 5) is 15.6. The number of nitrogens with zero attached hydrogens (tertiary/aromatic N) is 2. The molecule has 1 aromatic heterocycles. The van der Waals surface area contributed by atoms with Crippen LogP contribution >= 0.6 is 15.9 Å². The predicted molar refractivity (Wildman–Crippen MR) is 68.3 cm³/mol. The number of carbonyl (C=O) groups excluding carboxylic acids is 1. The Morgan fingerprint density at radius 3 is 3.12 bits per heavy atom. The predicted octanol–water partition coefficient (Wildman–Crippen LogP) is 2.85. The highest BCUT2D eigenvalue weighted by Gasteiger charge is 2.06. The number of amides is 1. The zero-order valence-electron chi connectivity index (χ0n) is 8.77. The molecule has 0 unspecified atom stereocenters. The molecule has 0 saturated carbocycles. The molecular weight excluding hydrogens is 282 g/mol. The zero-order chi connectivity index (χ0) is 12.3. The van der Waals surface area contributed by atoms with Gasteiger partial charge in [-0.2, -0.15) is 5.26 Å². The largest absolute Gasteiger partial charge is 0.323 e. The number of halogens is 1. The molecule has 1 aromatic carbocycles. The first-order valence-electron chi connectivity index (χ1n) is 4.92. The van der Waals surface area contributed by atoms with Crippen LogP contribution in [0.15, 0.2) is 34.9 Å². The number of carbonyl (C=O) groups is 1. The number of rotatable bonds is 2. The molecule has 1 amide bonds. The van der Waals surface area contributed by atoms with E-state index in [0.717, 1.165) is 9.86 Å². The van der Waals surface area contributed by atoms with Gasteiger partial charge in [0.15, 0.2) is 0 Å². The Labute approximate surface area is 106 Å². The second-order valence-corrected chi connectivity index (χ2v) is 4.33. The standard InChI is InChI=1S/C12H8BrN3O/c13-9-6-8-2-1-3-10(12(8)15-7-9)16-11(17)4-5-14/h1-3,6-7H,4H2,(H,16,17). The normalized spacial score (nSPS) is 9.88. The van der Waals surface area contributed by atoms with Crippen molar-refractivity contribution in [1.29, 1.82) is 5.26 Å². The number of anilines is 1. The molecule has 5 heteroatoms. The highest BCUT2D eigenvalue weighted by atomic mass is 79.9. The number of para-hydroxylation sites is 1. The van der Waals surface area contributed by atoms with E-state index in [2.05, 4.69) is 26.2 Å². The Bertz CT molecular complexity index is 619. The van der Waals surface area contributed by atoms with Gasteiger partial charge in [-0.1, -0.05) is 12.1 Å². The van der Waals surface area contributed by atoms with Crippen molar-refractivity contribution in [1.82, 2.24) is 4.98 Å². The Balaban J connectivity index is 2.41. The average Bonchev–Trinajstić information content (AvgIpc) is 2.29. The zero-order valence-corrected chi connectivity index (χ0v) is 10.4. The summed E-state index contributed by atoms with van der Waals surface area (Å²) in [7, 11) is 0. The summed E-state index contributed by atoms with van der Waals surface area (Å²) in [6.45, 7) is 0. The molecule has 2 rings (SSSR count). The second-order valence-electron chi connectivity index (χ2n) is 3.41. The van der Waals surface area contributed by atoms with E-state index in [1.807, 2.05) is 18.2 Å². The number of hydrogen-bond donors (Lipinski definition) is 1. The van der Waals surface area contributed by atoms with E-state index in [1.54, 1.807) is 18.3 Å². The number of fused-ring (bicyclic) bond motifs is 1. The first-order valence-corrected chi connectivity index (χ1v) is 5.71. The van der Waals surface area contributed by atoms with Gasteiger partial charge in [-0.15, -0.1) is 0 Å². The van der Waals surface area contributed by atoms with Crippen molar-refractivity contribution in [2.75, 3.05) is 5.32 Å². The molecule has 0 fully saturated rings. The lowest BCUT2D eigenvalue weighted by molar-refractivity contribution is -0.115. The first-order chi connectivity index (χ1) is 8.20. The van der Waals surface area contributed by atoms with E-state index in [1.165, 1.54) is 0 Å². The Hall–Kier alpha value is -1.93. The van der Waals surface area contributed by atoms with Crippen molar-refractivity contribution in [3.63, 3.8) is 0 Å². The third kappa shape index (κ3) is 2.60. The van der Waals surface area contributed by atoms with Crippen molar-refractivity contribution in [2.45, 2.75) is 6.42 Å². The minimum absolute atomic E-state index is 0.160. The van der Waals surface area contributed by atoms with Crippen LogP contribution in [-0.4, -0.2) is 10.9 Å². The number of nitriles is 1. The molecule has 0 saturated heterocycles. The van der Waals surface area contributed by atoms with Crippen molar-refractivity contribution in [3.05, 3.63) is 34.9 Å². The highest BCUT2D eigenvalue weighted by molar-refractivity contribution is 9.10. The molecule has 0 aliphatic rings. The number of hydrogen-bond acceptors (Lipinski definition) is 3. The molecule has 0 aliphatic carbocycles. The molecule has 1 heterocycles. The van der Waals surface area contributed by atoms with Gasteiger partial charge >= 0.3 is 0 Å². The lowest BCUT2D eigenvalue weighted by atomic mass is 10.2. The summed E-state index contributed by atoms with van der Waals surface area (Å²) in [6.07, 6.45) is 1.51. The fraction of sp³-hybridized carbons (Fsp3) is 0.0833. The molecule has 84 valence electrons. The van der Waals surface area contributed by atoms with E-state index in [-0.39, 0.29) is 12.3 Å². The fourth-order valence-corrected chi connectivity index (χ4v) is 1.85. The molecule has 2 aromatic rings. The highest BCUT2D eigenvalue weighted by Crippen LogP contribution is 2.23. The summed E-state index contributed by atoms with van der Waals surface area (Å²) in [5.41, 5.74) is 1.33. The summed E-state index contributed by atoms with van der Waals surface area (Å²) in [5, 5.41) is 12.0. The van der Waals surface area contributed by atoms with Crippen molar-refractivity contribution in [2.24, 2.45) is 0 Å². The third-order valence-corrected chi connectivity index (χ3v) is 2.62.